The molecule has 2 amide bonds. The maximum Gasteiger partial charge on any atom is 0.227 e. The van der Waals surface area contributed by atoms with Crippen LogP contribution in [0.3, 0.4) is 0 Å². The highest BCUT2D eigenvalue weighted by atomic mass is 16.2. The minimum Gasteiger partial charge on any atom is -0.351 e. The summed E-state index contributed by atoms with van der Waals surface area (Å²) in [5, 5.41) is 10.1. The smallest absolute Gasteiger partial charge is 0.227 e. The number of hydrogen-bond donors (Lipinski definition) is 2. The Labute approximate surface area is 159 Å². The molecular formula is C19H28N6O2. The van der Waals surface area contributed by atoms with E-state index in [1.165, 1.54) is 0 Å². The number of hydrogen-bond acceptors (Lipinski definition) is 4. The predicted octanol–water partition coefficient (Wildman–Crippen LogP) is 1.56. The lowest BCUT2D eigenvalue weighted by atomic mass is 9.80. The van der Waals surface area contributed by atoms with E-state index in [4.69, 9.17) is 0 Å². The molecule has 2 aromatic rings. The Morgan fingerprint density at radius 1 is 1.37 bits per heavy atom. The van der Waals surface area contributed by atoms with Crippen LogP contribution in [0.4, 0.5) is 0 Å². The van der Waals surface area contributed by atoms with Crippen molar-refractivity contribution in [2.45, 2.75) is 53.1 Å². The molecule has 2 aromatic heterocycles. The molecule has 1 unspecified atom stereocenters. The number of amides is 2. The number of piperidine rings is 1. The van der Waals surface area contributed by atoms with Crippen LogP contribution in [0, 0.1) is 19.3 Å². The summed E-state index contributed by atoms with van der Waals surface area (Å²) < 4.78 is 1.89. The summed E-state index contributed by atoms with van der Waals surface area (Å²) in [6, 6.07) is 0. The first-order valence-corrected chi connectivity index (χ1v) is 9.41. The molecule has 0 saturated carbocycles. The number of aromatic nitrogens is 4. The fraction of sp³-hybridized carbons (Fsp3) is 0.579. The zero-order valence-corrected chi connectivity index (χ0v) is 16.3. The minimum atomic E-state index is -0.561. The molecule has 8 nitrogen and oxygen atoms in total. The number of aryl methyl sites for hydroxylation is 3. The van der Waals surface area contributed by atoms with E-state index in [2.05, 4.69) is 20.5 Å². The normalized spacial score (nSPS) is 19.9. The summed E-state index contributed by atoms with van der Waals surface area (Å²) in [6.45, 7) is 8.07. The zero-order chi connectivity index (χ0) is 19.4. The third-order valence-electron chi connectivity index (χ3n) is 5.45. The third kappa shape index (κ3) is 4.37. The Balaban J connectivity index is 1.56. The summed E-state index contributed by atoms with van der Waals surface area (Å²) in [5.74, 6) is 0.0820. The Hall–Kier alpha value is -2.64. The van der Waals surface area contributed by atoms with E-state index in [0.717, 1.165) is 29.8 Å². The monoisotopic (exact) mass is 372 g/mol. The number of likely N-dealkylation sites (tertiary alicyclic amines) is 1. The highest BCUT2D eigenvalue weighted by molar-refractivity contribution is 5.84. The fourth-order valence-electron chi connectivity index (χ4n) is 3.66. The molecule has 2 N–H and O–H groups in total. The van der Waals surface area contributed by atoms with Crippen LogP contribution in [-0.2, 0) is 22.7 Å². The first-order chi connectivity index (χ1) is 12.9. The van der Waals surface area contributed by atoms with Gasteiger partial charge in [-0.05, 0) is 33.6 Å². The van der Waals surface area contributed by atoms with Crippen LogP contribution in [-0.4, -0.2) is 49.6 Å². The van der Waals surface area contributed by atoms with Crippen molar-refractivity contribution >= 4 is 11.8 Å². The molecule has 0 spiro atoms. The number of carbonyl (C=O) groups excluding carboxylic acids is 2. The van der Waals surface area contributed by atoms with Crippen molar-refractivity contribution in [2.75, 3.05) is 13.1 Å². The van der Waals surface area contributed by atoms with Gasteiger partial charge in [-0.15, -0.1) is 0 Å². The molecule has 3 rings (SSSR count). The summed E-state index contributed by atoms with van der Waals surface area (Å²) in [7, 11) is 0. The van der Waals surface area contributed by atoms with Gasteiger partial charge in [0.05, 0.1) is 17.4 Å². The van der Waals surface area contributed by atoms with Gasteiger partial charge in [0.2, 0.25) is 11.8 Å². The summed E-state index contributed by atoms with van der Waals surface area (Å²) >= 11 is 0. The number of nitrogens with one attached hydrogen (secondary N) is 2. The van der Waals surface area contributed by atoms with Gasteiger partial charge in [0.25, 0.3) is 0 Å². The average Bonchev–Trinajstić information content (AvgIpc) is 3.28. The molecule has 1 aliphatic rings. The van der Waals surface area contributed by atoms with Gasteiger partial charge in [0.1, 0.15) is 0 Å². The average molecular weight is 372 g/mol. The molecule has 1 saturated heterocycles. The van der Waals surface area contributed by atoms with Crippen molar-refractivity contribution < 1.29 is 9.59 Å². The topological polar surface area (TPSA) is 95.9 Å². The van der Waals surface area contributed by atoms with Crippen LogP contribution in [0.25, 0.3) is 0 Å². The Kier molecular flexibility index (Phi) is 5.62. The zero-order valence-electron chi connectivity index (χ0n) is 16.3. The molecule has 1 aliphatic heterocycles. The number of carbonyl (C=O) groups is 2. The lowest BCUT2D eigenvalue weighted by Gasteiger charge is -2.39. The quantitative estimate of drug-likeness (QED) is 0.804. The lowest BCUT2D eigenvalue weighted by Crippen LogP contribution is -2.51. The van der Waals surface area contributed by atoms with Crippen molar-refractivity contribution in [1.29, 1.82) is 0 Å². The number of rotatable bonds is 6. The van der Waals surface area contributed by atoms with Gasteiger partial charge in [-0.1, -0.05) is 0 Å². The molecule has 146 valence electrons. The van der Waals surface area contributed by atoms with Gasteiger partial charge in [0.15, 0.2) is 0 Å². The lowest BCUT2D eigenvalue weighted by molar-refractivity contribution is -0.140. The van der Waals surface area contributed by atoms with Crippen molar-refractivity contribution in [1.82, 2.24) is 30.0 Å². The van der Waals surface area contributed by atoms with Crippen LogP contribution in [0.1, 0.15) is 43.1 Å². The second-order valence-corrected chi connectivity index (χ2v) is 7.63. The molecule has 8 heteroatoms. The summed E-state index contributed by atoms with van der Waals surface area (Å²) in [6.07, 6.45) is 7.30. The summed E-state index contributed by atoms with van der Waals surface area (Å²) in [5.41, 5.74) is 2.33. The molecule has 27 heavy (non-hydrogen) atoms. The van der Waals surface area contributed by atoms with Gasteiger partial charge >= 0.3 is 0 Å². The number of nitrogens with zero attached hydrogens (tertiary/aromatic N) is 4. The van der Waals surface area contributed by atoms with Crippen LogP contribution < -0.4 is 5.32 Å². The van der Waals surface area contributed by atoms with Crippen molar-refractivity contribution in [3.05, 3.63) is 35.7 Å². The van der Waals surface area contributed by atoms with Gasteiger partial charge < -0.3 is 14.8 Å². The van der Waals surface area contributed by atoms with Gasteiger partial charge in [-0.2, -0.15) is 5.10 Å². The van der Waals surface area contributed by atoms with Crippen molar-refractivity contribution in [3.8, 4) is 0 Å². The van der Waals surface area contributed by atoms with Crippen LogP contribution in [0.2, 0.25) is 0 Å². The van der Waals surface area contributed by atoms with E-state index in [1.54, 1.807) is 12.5 Å². The Morgan fingerprint density at radius 3 is 2.85 bits per heavy atom. The van der Waals surface area contributed by atoms with Gasteiger partial charge in [0, 0.05) is 56.3 Å². The largest absolute Gasteiger partial charge is 0.351 e. The van der Waals surface area contributed by atoms with E-state index in [-0.39, 0.29) is 11.8 Å². The van der Waals surface area contributed by atoms with Crippen molar-refractivity contribution in [2.24, 2.45) is 5.41 Å². The molecule has 3 heterocycles. The molecule has 1 atom stereocenters. The maximum absolute atomic E-state index is 12.9. The predicted molar refractivity (Wildman–Crippen MR) is 101 cm³/mol. The van der Waals surface area contributed by atoms with E-state index in [9.17, 15) is 9.59 Å². The SMILES string of the molecule is Cc1n[nH]c(C)c1CNC(=O)C1(C)CCCN(C(=O)CCn2ccnc2)C1. The third-order valence-corrected chi connectivity index (χ3v) is 5.45. The molecule has 0 aromatic carbocycles. The second kappa shape index (κ2) is 7.94. The first kappa shape index (κ1) is 19.1. The molecule has 0 aliphatic carbocycles. The van der Waals surface area contributed by atoms with E-state index in [1.807, 2.05) is 36.4 Å². The van der Waals surface area contributed by atoms with Gasteiger partial charge in [-0.25, -0.2) is 4.98 Å². The van der Waals surface area contributed by atoms with Crippen molar-refractivity contribution in [3.63, 3.8) is 0 Å². The molecule has 0 radical (unpaired) electrons. The molecular weight excluding hydrogens is 344 g/mol. The Morgan fingerprint density at radius 2 is 2.19 bits per heavy atom. The van der Waals surface area contributed by atoms with Crippen LogP contribution >= 0.6 is 0 Å². The van der Waals surface area contributed by atoms with E-state index in [0.29, 0.717) is 32.6 Å². The summed E-state index contributed by atoms with van der Waals surface area (Å²) in [4.78, 5) is 31.3. The van der Waals surface area contributed by atoms with E-state index < -0.39 is 5.41 Å². The maximum atomic E-state index is 12.9. The number of H-pyrrole nitrogens is 1. The highest BCUT2D eigenvalue weighted by Gasteiger charge is 2.39. The first-order valence-electron chi connectivity index (χ1n) is 9.41. The minimum absolute atomic E-state index is 0.00499. The Bertz CT molecular complexity index is 778. The standard InChI is InChI=1S/C19H28N6O2/c1-14-16(15(2)23-22-14)11-21-18(27)19(3)6-4-8-25(12-19)17(26)5-9-24-10-7-20-13-24/h7,10,13H,4-6,8-9,11-12H2,1-3H3,(H,21,27)(H,22,23). The van der Waals surface area contributed by atoms with Gasteiger partial charge in [-0.3, -0.25) is 14.7 Å². The number of imidazole rings is 1. The van der Waals surface area contributed by atoms with Crippen LogP contribution in [0.5, 0.6) is 0 Å². The molecule has 0 bridgehead atoms. The van der Waals surface area contributed by atoms with Crippen LogP contribution in [0.15, 0.2) is 18.7 Å². The molecule has 1 fully saturated rings. The number of aromatic amines is 1. The fourth-order valence-corrected chi connectivity index (χ4v) is 3.66. The second-order valence-electron chi connectivity index (χ2n) is 7.63. The van der Waals surface area contributed by atoms with E-state index >= 15 is 0 Å². The highest BCUT2D eigenvalue weighted by Crippen LogP contribution is 2.30.